The Kier molecular flexibility index (Phi) is 11.0. The lowest BCUT2D eigenvalue weighted by Gasteiger charge is -2.29. The van der Waals surface area contributed by atoms with E-state index in [0.29, 0.717) is 17.7 Å². The molecule has 37 heavy (non-hydrogen) atoms. The molecule has 0 bridgehead atoms. The molecule has 202 valence electrons. The average molecular weight is 576 g/mol. The van der Waals surface area contributed by atoms with Gasteiger partial charge in [0.2, 0.25) is 5.78 Å². The Labute approximate surface area is 228 Å². The smallest absolute Gasteiger partial charge is 0.208 e. The molecule has 2 aromatic carbocycles. The van der Waals surface area contributed by atoms with Crippen LogP contribution in [0.4, 0.5) is 0 Å². The van der Waals surface area contributed by atoms with Gasteiger partial charge in [0.15, 0.2) is 17.7 Å². The summed E-state index contributed by atoms with van der Waals surface area (Å²) in [6, 6.07) is 11.2. The van der Waals surface area contributed by atoms with Gasteiger partial charge >= 0.3 is 0 Å². The van der Waals surface area contributed by atoms with Gasteiger partial charge in [0, 0.05) is 16.6 Å². The Morgan fingerprint density at radius 2 is 1.65 bits per heavy atom. The van der Waals surface area contributed by atoms with Crippen molar-refractivity contribution in [3.05, 3.63) is 63.6 Å². The number of unbranched alkanes of at least 4 members (excludes halogenated alkanes) is 2. The SMILES string of the molecule is CCCCN(CCCC)CCCN1[C@@H](c2ccc(O)c(OC)c2)C(=C(O)c2ccc(Br)cc2)C(=O)[C@@H]1O. The second kappa shape index (κ2) is 14.0. The molecule has 1 aliphatic heterocycles. The summed E-state index contributed by atoms with van der Waals surface area (Å²) in [4.78, 5) is 17.6. The molecule has 3 N–H and O–H groups in total. The molecule has 1 aliphatic rings. The van der Waals surface area contributed by atoms with E-state index >= 15 is 0 Å². The summed E-state index contributed by atoms with van der Waals surface area (Å²) in [6.45, 7) is 7.77. The minimum atomic E-state index is -1.38. The largest absolute Gasteiger partial charge is 0.507 e. The number of aliphatic hydroxyl groups excluding tert-OH is 2. The van der Waals surface area contributed by atoms with Crippen LogP contribution < -0.4 is 4.74 Å². The van der Waals surface area contributed by atoms with Gasteiger partial charge in [-0.15, -0.1) is 0 Å². The first-order valence-electron chi connectivity index (χ1n) is 13.1. The number of aromatic hydroxyl groups is 1. The summed E-state index contributed by atoms with van der Waals surface area (Å²) in [5, 5.41) is 32.5. The van der Waals surface area contributed by atoms with Crippen molar-refractivity contribution in [2.24, 2.45) is 0 Å². The second-order valence-corrected chi connectivity index (χ2v) is 10.4. The number of carbonyl (C=O) groups is 1. The minimum Gasteiger partial charge on any atom is -0.507 e. The Balaban J connectivity index is 1.95. The number of nitrogens with zero attached hydrogens (tertiary/aromatic N) is 2. The highest BCUT2D eigenvalue weighted by molar-refractivity contribution is 9.10. The van der Waals surface area contributed by atoms with Gasteiger partial charge in [-0.05, 0) is 68.7 Å². The zero-order valence-corrected chi connectivity index (χ0v) is 23.6. The van der Waals surface area contributed by atoms with Crippen LogP contribution in [-0.4, -0.2) is 70.4 Å². The predicted octanol–water partition coefficient (Wildman–Crippen LogP) is 5.67. The number of carbonyl (C=O) groups excluding carboxylic acids is 1. The molecule has 2 aromatic rings. The molecule has 1 heterocycles. The quantitative estimate of drug-likeness (QED) is 0.209. The summed E-state index contributed by atoms with van der Waals surface area (Å²) in [5.74, 6) is -0.443. The van der Waals surface area contributed by atoms with Crippen molar-refractivity contribution < 1.29 is 24.9 Å². The highest BCUT2D eigenvalue weighted by atomic mass is 79.9. The minimum absolute atomic E-state index is 0.0205. The first-order chi connectivity index (χ1) is 17.8. The fraction of sp³-hybridized carbons (Fsp3) is 0.483. The van der Waals surface area contributed by atoms with Gasteiger partial charge in [0.05, 0.1) is 18.7 Å². The van der Waals surface area contributed by atoms with E-state index in [1.54, 1.807) is 41.3 Å². The highest BCUT2D eigenvalue weighted by Crippen LogP contribution is 2.43. The third-order valence-corrected chi connectivity index (χ3v) is 7.39. The lowest BCUT2D eigenvalue weighted by Crippen LogP contribution is -2.37. The third kappa shape index (κ3) is 7.13. The highest BCUT2D eigenvalue weighted by Gasteiger charge is 2.46. The third-order valence-electron chi connectivity index (χ3n) is 6.86. The molecule has 0 spiro atoms. The predicted molar refractivity (Wildman–Crippen MR) is 150 cm³/mol. The Morgan fingerprint density at radius 1 is 1.03 bits per heavy atom. The van der Waals surface area contributed by atoms with E-state index in [9.17, 15) is 20.1 Å². The molecule has 0 amide bonds. The number of likely N-dealkylation sites (tertiary alicyclic amines) is 1. The van der Waals surface area contributed by atoms with Crippen LogP contribution in [0.1, 0.15) is 63.1 Å². The van der Waals surface area contributed by atoms with Gasteiger partial charge in [0.1, 0.15) is 5.76 Å². The fourth-order valence-corrected chi connectivity index (χ4v) is 5.05. The van der Waals surface area contributed by atoms with Gasteiger partial charge < -0.3 is 25.0 Å². The zero-order valence-electron chi connectivity index (χ0n) is 22.0. The molecule has 0 aromatic heterocycles. The Morgan fingerprint density at radius 3 is 2.24 bits per heavy atom. The number of ketones is 1. The number of aliphatic hydroxyl groups is 2. The maximum atomic E-state index is 13.4. The summed E-state index contributed by atoms with van der Waals surface area (Å²) >= 11 is 3.40. The Bertz CT molecular complexity index is 1060. The lowest BCUT2D eigenvalue weighted by atomic mass is 9.95. The van der Waals surface area contributed by atoms with Crippen LogP contribution in [0.2, 0.25) is 0 Å². The van der Waals surface area contributed by atoms with E-state index < -0.39 is 18.1 Å². The molecule has 2 atom stereocenters. The van der Waals surface area contributed by atoms with E-state index in [1.807, 2.05) is 0 Å². The molecule has 0 unspecified atom stereocenters. The number of methoxy groups -OCH3 is 1. The number of rotatable bonds is 13. The fourth-order valence-electron chi connectivity index (χ4n) is 4.79. The Hall–Kier alpha value is -2.39. The maximum absolute atomic E-state index is 13.4. The van der Waals surface area contributed by atoms with E-state index in [1.165, 1.54) is 13.2 Å². The van der Waals surface area contributed by atoms with Crippen LogP contribution in [0, 0.1) is 0 Å². The van der Waals surface area contributed by atoms with Crippen molar-refractivity contribution in [3.8, 4) is 11.5 Å². The van der Waals surface area contributed by atoms with E-state index in [4.69, 9.17) is 4.74 Å². The first-order valence-corrected chi connectivity index (χ1v) is 13.9. The lowest BCUT2D eigenvalue weighted by molar-refractivity contribution is -0.127. The van der Waals surface area contributed by atoms with Crippen molar-refractivity contribution in [2.75, 3.05) is 33.3 Å². The van der Waals surface area contributed by atoms with E-state index in [0.717, 1.165) is 56.2 Å². The average Bonchev–Trinajstić information content (AvgIpc) is 3.15. The van der Waals surface area contributed by atoms with Gasteiger partial charge in [-0.25, -0.2) is 0 Å². The number of phenolic OH excluding ortho intramolecular Hbond substituents is 1. The van der Waals surface area contributed by atoms with Crippen LogP contribution >= 0.6 is 15.9 Å². The summed E-state index contributed by atoms with van der Waals surface area (Å²) in [7, 11) is 1.46. The monoisotopic (exact) mass is 574 g/mol. The van der Waals surface area contributed by atoms with Gasteiger partial charge in [0.25, 0.3) is 0 Å². The summed E-state index contributed by atoms with van der Waals surface area (Å²) in [5.41, 5.74) is 1.27. The number of hydrogen-bond donors (Lipinski definition) is 3. The number of Topliss-reactive ketones (excluding diaryl/α,β-unsaturated/α-hetero) is 1. The molecule has 0 radical (unpaired) electrons. The molecule has 7 nitrogen and oxygen atoms in total. The van der Waals surface area contributed by atoms with Crippen molar-refractivity contribution in [2.45, 2.75) is 58.2 Å². The molecule has 1 fully saturated rings. The normalized spacial score (nSPS) is 19.6. The van der Waals surface area contributed by atoms with Crippen molar-refractivity contribution in [1.82, 2.24) is 9.80 Å². The van der Waals surface area contributed by atoms with E-state index in [2.05, 4.69) is 34.7 Å². The number of ether oxygens (including phenoxy) is 1. The number of benzene rings is 2. The van der Waals surface area contributed by atoms with Crippen molar-refractivity contribution in [3.63, 3.8) is 0 Å². The van der Waals surface area contributed by atoms with Crippen LogP contribution in [0.15, 0.2) is 52.5 Å². The van der Waals surface area contributed by atoms with Crippen molar-refractivity contribution >= 4 is 27.5 Å². The summed E-state index contributed by atoms with van der Waals surface area (Å²) < 4.78 is 6.16. The maximum Gasteiger partial charge on any atom is 0.208 e. The van der Waals surface area contributed by atoms with E-state index in [-0.39, 0.29) is 22.8 Å². The first kappa shape index (κ1) is 29.2. The van der Waals surface area contributed by atoms with Crippen LogP contribution in [0.25, 0.3) is 5.76 Å². The zero-order chi connectivity index (χ0) is 26.9. The van der Waals surface area contributed by atoms with Crippen LogP contribution in [0.3, 0.4) is 0 Å². The molecule has 3 rings (SSSR count). The molecular formula is C29H39BrN2O5. The van der Waals surface area contributed by atoms with Gasteiger partial charge in [-0.3, -0.25) is 9.69 Å². The number of phenols is 1. The molecule has 1 saturated heterocycles. The van der Waals surface area contributed by atoms with Gasteiger partial charge in [-0.2, -0.15) is 0 Å². The standard InChI is InChI=1S/C29H39BrN2O5/c1-4-6-15-31(16-7-5-2)17-8-18-32-26(21-11-14-23(33)24(19-21)37-3)25(28(35)29(32)36)27(34)20-9-12-22(30)13-10-20/h9-14,19,26,29,33-34,36H,4-8,15-18H2,1-3H3/t26-,29-/m0/s1. The van der Waals surface area contributed by atoms with Gasteiger partial charge in [-0.1, -0.05) is 60.8 Å². The molecule has 0 aliphatic carbocycles. The number of halogens is 1. The van der Waals surface area contributed by atoms with Crippen LogP contribution in [0.5, 0.6) is 11.5 Å². The molecule has 8 heteroatoms. The number of hydrogen-bond acceptors (Lipinski definition) is 7. The van der Waals surface area contributed by atoms with Crippen molar-refractivity contribution in [1.29, 1.82) is 0 Å². The van der Waals surface area contributed by atoms with Crippen LogP contribution in [-0.2, 0) is 4.79 Å². The molecular weight excluding hydrogens is 536 g/mol. The second-order valence-electron chi connectivity index (χ2n) is 9.48. The summed E-state index contributed by atoms with van der Waals surface area (Å²) in [6.07, 6.45) is 3.93. The molecule has 0 saturated carbocycles. The topological polar surface area (TPSA) is 93.5 Å².